The fourth-order valence-electron chi connectivity index (χ4n) is 2.62. The van der Waals surface area contributed by atoms with Crippen molar-refractivity contribution < 1.29 is 70.2 Å². The number of rotatable bonds is 15. The molecule has 0 aliphatic carbocycles. The number of hydrogen-bond donors (Lipinski definition) is 0. The van der Waals surface area contributed by atoms with E-state index in [1.54, 1.807) is 0 Å². The van der Waals surface area contributed by atoms with E-state index in [1.165, 1.54) is 6.92 Å². The smallest absolute Gasteiger partial charge is 0.200 e. The highest BCUT2D eigenvalue weighted by atomic mass is 19.4. The van der Waals surface area contributed by atoms with Crippen molar-refractivity contribution in [3.8, 4) is 0 Å². The molecule has 0 bridgehead atoms. The fourth-order valence-corrected chi connectivity index (χ4v) is 2.62. The molecule has 0 aromatic carbocycles. The zero-order valence-corrected chi connectivity index (χ0v) is 17.3. The lowest BCUT2D eigenvalue weighted by Crippen LogP contribution is -2.74. The molecule has 0 aromatic heterocycles. The van der Waals surface area contributed by atoms with Crippen LogP contribution in [0.4, 0.5) is 70.2 Å². The van der Waals surface area contributed by atoms with Crippen molar-refractivity contribution in [2.75, 3.05) is 0 Å². The maximum absolute atomic E-state index is 13.7. The van der Waals surface area contributed by atoms with Crippen molar-refractivity contribution >= 4 is 0 Å². The van der Waals surface area contributed by atoms with Crippen LogP contribution in [0.25, 0.3) is 0 Å². The zero-order chi connectivity index (χ0) is 27.7. The summed E-state index contributed by atoms with van der Waals surface area (Å²) in [6.07, 6.45) is -6.56. The fraction of sp³-hybridized carbons (Fsp3) is 0.889. The van der Waals surface area contributed by atoms with Crippen molar-refractivity contribution in [3.05, 3.63) is 12.7 Å². The van der Waals surface area contributed by atoms with Crippen LogP contribution in [-0.4, -0.2) is 47.4 Å². The highest BCUT2D eigenvalue weighted by Gasteiger charge is 2.94. The van der Waals surface area contributed by atoms with Gasteiger partial charge in [-0.2, -0.15) is 70.2 Å². The second-order valence-corrected chi connectivity index (χ2v) is 7.49. The largest absolute Gasteiger partial charge is 0.384 e. The summed E-state index contributed by atoms with van der Waals surface area (Å²) >= 11 is 0. The average molecular weight is 540 g/mol. The van der Waals surface area contributed by atoms with Gasteiger partial charge >= 0.3 is 47.4 Å². The van der Waals surface area contributed by atoms with Gasteiger partial charge in [-0.25, -0.2) is 0 Å². The quantitative estimate of drug-likeness (QED) is 0.111. The summed E-state index contributed by atoms with van der Waals surface area (Å²) in [5.41, 5.74) is 0. The second-order valence-electron chi connectivity index (χ2n) is 7.49. The van der Waals surface area contributed by atoms with Crippen LogP contribution in [0, 0.1) is 0 Å². The molecule has 0 aliphatic rings. The number of unbranched alkanes of at least 4 members (excludes halogenated alkanes) is 3. The van der Waals surface area contributed by atoms with E-state index < -0.39 is 73.1 Å². The van der Waals surface area contributed by atoms with Crippen LogP contribution in [0.15, 0.2) is 12.7 Å². The Morgan fingerprint density at radius 3 is 1.12 bits per heavy atom. The van der Waals surface area contributed by atoms with Gasteiger partial charge in [-0.1, -0.05) is 32.3 Å². The molecule has 0 nitrogen and oxygen atoms in total. The van der Waals surface area contributed by atoms with E-state index in [-0.39, 0.29) is 12.8 Å². The van der Waals surface area contributed by atoms with Gasteiger partial charge in [0.15, 0.2) is 0 Å². The lowest BCUT2D eigenvalue weighted by atomic mass is 9.86. The lowest BCUT2D eigenvalue weighted by molar-refractivity contribution is -0.453. The third kappa shape index (κ3) is 4.96. The highest BCUT2D eigenvalue weighted by molar-refractivity contribution is 5.15. The van der Waals surface area contributed by atoms with Crippen molar-refractivity contribution in [1.82, 2.24) is 0 Å². The highest BCUT2D eigenvalue weighted by Crippen LogP contribution is 2.64. The molecule has 204 valence electrons. The number of halogens is 16. The van der Waals surface area contributed by atoms with E-state index in [1.807, 2.05) is 0 Å². The molecule has 0 saturated carbocycles. The van der Waals surface area contributed by atoms with Crippen LogP contribution in [0.3, 0.4) is 0 Å². The van der Waals surface area contributed by atoms with Crippen molar-refractivity contribution in [3.63, 3.8) is 0 Å². The van der Waals surface area contributed by atoms with Crippen LogP contribution < -0.4 is 0 Å². The van der Waals surface area contributed by atoms with Gasteiger partial charge in [0, 0.05) is 12.8 Å². The molecule has 0 amide bonds. The first-order valence-electron chi connectivity index (χ1n) is 9.50. The Bertz CT molecular complexity index is 679. The van der Waals surface area contributed by atoms with E-state index in [0.717, 1.165) is 0 Å². The number of allylic oxidation sites excluding steroid dienone is 1. The van der Waals surface area contributed by atoms with E-state index in [2.05, 4.69) is 6.58 Å². The first-order chi connectivity index (χ1) is 14.9. The lowest BCUT2D eigenvalue weighted by Gasteiger charge is -2.43. The van der Waals surface area contributed by atoms with Crippen LogP contribution in [-0.2, 0) is 0 Å². The molecule has 0 radical (unpaired) electrons. The van der Waals surface area contributed by atoms with Gasteiger partial charge in [-0.05, 0) is 12.8 Å². The number of hydrogen-bond acceptors (Lipinski definition) is 0. The molecule has 0 N–H and O–H groups in total. The summed E-state index contributed by atoms with van der Waals surface area (Å²) in [7, 11) is 0. The van der Waals surface area contributed by atoms with E-state index >= 15 is 0 Å². The summed E-state index contributed by atoms with van der Waals surface area (Å²) in [6.45, 7) is 4.21. The molecule has 0 aromatic rings. The molecule has 0 saturated heterocycles. The topological polar surface area (TPSA) is 0 Å². The first kappa shape index (κ1) is 32.6. The van der Waals surface area contributed by atoms with Gasteiger partial charge in [-0.3, -0.25) is 0 Å². The average Bonchev–Trinajstić information content (AvgIpc) is 2.68. The second kappa shape index (κ2) is 9.94. The van der Waals surface area contributed by atoms with Gasteiger partial charge < -0.3 is 0 Å². The molecule has 0 atom stereocenters. The Hall–Kier alpha value is -1.38. The predicted molar refractivity (Wildman–Crippen MR) is 87.8 cm³/mol. The first-order valence-corrected chi connectivity index (χ1v) is 9.50. The van der Waals surface area contributed by atoms with E-state index in [9.17, 15) is 70.2 Å². The molecule has 34 heavy (non-hydrogen) atoms. The summed E-state index contributed by atoms with van der Waals surface area (Å²) in [5, 5.41) is 0. The maximum Gasteiger partial charge on any atom is 0.384 e. The van der Waals surface area contributed by atoms with Crippen LogP contribution >= 0.6 is 0 Å². The molecular formula is C18H20F16. The van der Waals surface area contributed by atoms with Crippen LogP contribution in [0.5, 0.6) is 0 Å². The predicted octanol–water partition coefficient (Wildman–Crippen LogP) is 9.01. The zero-order valence-electron chi connectivity index (χ0n) is 17.3. The molecule has 0 rings (SSSR count). The van der Waals surface area contributed by atoms with Crippen LogP contribution in [0.2, 0.25) is 0 Å². The normalized spacial score (nSPS) is 15.6. The Labute approximate surface area is 183 Å². The Morgan fingerprint density at radius 2 is 0.794 bits per heavy atom. The van der Waals surface area contributed by atoms with Crippen LogP contribution in [0.1, 0.15) is 51.9 Å². The van der Waals surface area contributed by atoms with Gasteiger partial charge in [0.05, 0.1) is 0 Å². The summed E-state index contributed by atoms with van der Waals surface area (Å²) in [4.78, 5) is 0. The monoisotopic (exact) mass is 540 g/mol. The van der Waals surface area contributed by atoms with Crippen molar-refractivity contribution in [2.45, 2.75) is 99.2 Å². The standard InChI is InChI=1S/C18H20F16/c1-3-5-7-8-10-12(21,22)14(25,26)16(29,30)18(33,34)17(31,32)15(27,28)13(23,24)11(19,20)9-6-4-2/h4H,2-3,5-10H2,1H3. The van der Waals surface area contributed by atoms with E-state index in [0.29, 0.717) is 12.5 Å². The Kier molecular flexibility index (Phi) is 9.53. The molecular weight excluding hydrogens is 520 g/mol. The molecule has 0 aliphatic heterocycles. The summed E-state index contributed by atoms with van der Waals surface area (Å²) < 4.78 is 218. The molecule has 16 heteroatoms. The van der Waals surface area contributed by atoms with Gasteiger partial charge in [0.2, 0.25) is 0 Å². The summed E-state index contributed by atoms with van der Waals surface area (Å²) in [6, 6.07) is 0. The minimum atomic E-state index is -8.35. The van der Waals surface area contributed by atoms with Gasteiger partial charge in [0.1, 0.15) is 0 Å². The molecule has 0 heterocycles. The van der Waals surface area contributed by atoms with Crippen molar-refractivity contribution in [2.24, 2.45) is 0 Å². The molecule has 0 spiro atoms. The molecule has 0 unspecified atom stereocenters. The minimum Gasteiger partial charge on any atom is -0.200 e. The van der Waals surface area contributed by atoms with E-state index in [4.69, 9.17) is 0 Å². The Balaban J connectivity index is 6.46. The van der Waals surface area contributed by atoms with Gasteiger partial charge in [0.25, 0.3) is 0 Å². The summed E-state index contributed by atoms with van der Waals surface area (Å²) in [5.74, 6) is -60.3. The SMILES string of the molecule is C=CCCC(F)(F)C(F)(F)C(F)(F)C(F)(F)C(F)(F)C(F)(F)C(F)(F)C(F)(F)CCCCCC. The van der Waals surface area contributed by atoms with Gasteiger partial charge in [-0.15, -0.1) is 6.58 Å². The third-order valence-corrected chi connectivity index (χ3v) is 4.90. The third-order valence-electron chi connectivity index (χ3n) is 4.90. The minimum absolute atomic E-state index is 0.0770. The maximum atomic E-state index is 13.7. The molecule has 0 fully saturated rings. The van der Waals surface area contributed by atoms with Crippen molar-refractivity contribution in [1.29, 1.82) is 0 Å². The number of alkyl halides is 16. The Morgan fingerprint density at radius 1 is 0.471 bits per heavy atom.